The van der Waals surface area contributed by atoms with Gasteiger partial charge in [-0.3, -0.25) is 4.79 Å². The first-order chi connectivity index (χ1) is 11.6. The number of nitrogens with one attached hydrogen (secondary N) is 2. The molecule has 0 spiro atoms. The summed E-state index contributed by atoms with van der Waals surface area (Å²) in [5.74, 6) is 0.266. The van der Waals surface area contributed by atoms with E-state index in [1.807, 2.05) is 55.5 Å². The molecule has 0 atom stereocenters. The number of rotatable bonds is 4. The van der Waals surface area contributed by atoms with Crippen molar-refractivity contribution < 1.29 is 4.79 Å². The van der Waals surface area contributed by atoms with Crippen LogP contribution in [0.2, 0.25) is 0 Å². The number of carbonyl (C=O) groups is 1. The van der Waals surface area contributed by atoms with Crippen LogP contribution in [0.5, 0.6) is 0 Å². The minimum absolute atomic E-state index is 0.283. The van der Waals surface area contributed by atoms with E-state index in [1.165, 1.54) is 6.33 Å². The Bertz CT molecular complexity index is 868. The van der Waals surface area contributed by atoms with Crippen molar-refractivity contribution in [3.05, 3.63) is 76.7 Å². The van der Waals surface area contributed by atoms with E-state index >= 15 is 0 Å². The molecule has 0 aliphatic heterocycles. The molecule has 6 heteroatoms. The Morgan fingerprint density at radius 1 is 1.04 bits per heavy atom. The van der Waals surface area contributed by atoms with Gasteiger partial charge in [0.15, 0.2) is 0 Å². The van der Waals surface area contributed by atoms with Gasteiger partial charge >= 0.3 is 0 Å². The van der Waals surface area contributed by atoms with Gasteiger partial charge in [-0.2, -0.15) is 0 Å². The van der Waals surface area contributed by atoms with Crippen molar-refractivity contribution in [2.75, 3.05) is 10.6 Å². The van der Waals surface area contributed by atoms with Gasteiger partial charge in [-0.05, 0) is 52.7 Å². The van der Waals surface area contributed by atoms with E-state index in [0.29, 0.717) is 11.5 Å². The second-order valence-corrected chi connectivity index (χ2v) is 6.07. The molecular weight excluding hydrogens is 368 g/mol. The summed E-state index contributed by atoms with van der Waals surface area (Å²) < 4.78 is 0.927. The number of aromatic nitrogens is 2. The average Bonchev–Trinajstić information content (AvgIpc) is 2.59. The lowest BCUT2D eigenvalue weighted by Gasteiger charge is -2.09. The van der Waals surface area contributed by atoms with Crippen LogP contribution < -0.4 is 10.6 Å². The fourth-order valence-corrected chi connectivity index (χ4v) is 2.72. The van der Waals surface area contributed by atoms with Gasteiger partial charge < -0.3 is 10.6 Å². The summed E-state index contributed by atoms with van der Waals surface area (Å²) in [4.78, 5) is 20.5. The summed E-state index contributed by atoms with van der Waals surface area (Å²) in [7, 11) is 0. The summed E-state index contributed by atoms with van der Waals surface area (Å²) in [5, 5.41) is 5.98. The molecule has 120 valence electrons. The number of nitrogens with zero attached hydrogens (tertiary/aromatic N) is 2. The van der Waals surface area contributed by atoms with Crippen molar-refractivity contribution in [3.63, 3.8) is 0 Å². The Hall–Kier alpha value is -2.73. The molecule has 1 heterocycles. The zero-order chi connectivity index (χ0) is 16.9. The quantitative estimate of drug-likeness (QED) is 0.694. The first kappa shape index (κ1) is 16.1. The molecule has 1 amide bonds. The molecule has 2 N–H and O–H groups in total. The molecule has 24 heavy (non-hydrogen) atoms. The summed E-state index contributed by atoms with van der Waals surface area (Å²) in [6.45, 7) is 2.02. The highest BCUT2D eigenvalue weighted by Crippen LogP contribution is 2.26. The summed E-state index contributed by atoms with van der Waals surface area (Å²) >= 11 is 3.51. The number of hydrogen-bond donors (Lipinski definition) is 2. The lowest BCUT2D eigenvalue weighted by molar-refractivity contribution is 0.102. The lowest BCUT2D eigenvalue weighted by atomic mass is 10.2. The zero-order valence-electron chi connectivity index (χ0n) is 13.0. The third-order valence-corrected chi connectivity index (χ3v) is 3.97. The minimum atomic E-state index is -0.283. The van der Waals surface area contributed by atoms with Crippen LogP contribution in [0.1, 0.15) is 16.1 Å². The van der Waals surface area contributed by atoms with Gasteiger partial charge in [-0.1, -0.05) is 24.3 Å². The van der Waals surface area contributed by atoms with Gasteiger partial charge in [0.05, 0.1) is 5.69 Å². The number of halogens is 1. The number of aryl methyl sites for hydroxylation is 1. The second-order valence-electron chi connectivity index (χ2n) is 5.22. The van der Waals surface area contributed by atoms with E-state index in [9.17, 15) is 4.79 Å². The molecule has 0 fully saturated rings. The number of para-hydroxylation sites is 1. The molecule has 3 aromatic rings. The van der Waals surface area contributed by atoms with Crippen LogP contribution in [0.25, 0.3) is 0 Å². The van der Waals surface area contributed by atoms with Crippen LogP contribution in [0.3, 0.4) is 0 Å². The van der Waals surface area contributed by atoms with Crippen LogP contribution in [-0.2, 0) is 0 Å². The molecule has 0 radical (unpaired) electrons. The molecule has 0 aliphatic rings. The van der Waals surface area contributed by atoms with Gasteiger partial charge in [-0.15, -0.1) is 0 Å². The maximum atomic E-state index is 12.3. The molecule has 1 aromatic heterocycles. The third kappa shape index (κ3) is 3.97. The van der Waals surface area contributed by atoms with Crippen LogP contribution in [0, 0.1) is 6.92 Å². The molecule has 3 rings (SSSR count). The Kier molecular flexibility index (Phi) is 4.86. The van der Waals surface area contributed by atoms with Gasteiger partial charge in [0.25, 0.3) is 5.91 Å². The topological polar surface area (TPSA) is 66.9 Å². The summed E-state index contributed by atoms with van der Waals surface area (Å²) in [6.07, 6.45) is 1.37. The minimum Gasteiger partial charge on any atom is -0.339 e. The third-order valence-electron chi connectivity index (χ3n) is 3.32. The maximum absolute atomic E-state index is 12.3. The monoisotopic (exact) mass is 382 g/mol. The standard InChI is InChI=1S/C18H15BrN4O/c1-12-7-8-15(14(19)9-12)23-17-10-16(20-11-21-17)18(24)22-13-5-3-2-4-6-13/h2-11H,1H3,(H,22,24)(H,20,21,23). The van der Waals surface area contributed by atoms with Crippen LogP contribution >= 0.6 is 15.9 Å². The van der Waals surface area contributed by atoms with Crippen molar-refractivity contribution in [1.82, 2.24) is 9.97 Å². The van der Waals surface area contributed by atoms with E-state index in [2.05, 4.69) is 36.5 Å². The largest absolute Gasteiger partial charge is 0.339 e. The van der Waals surface area contributed by atoms with E-state index < -0.39 is 0 Å². The normalized spacial score (nSPS) is 10.2. The van der Waals surface area contributed by atoms with E-state index in [1.54, 1.807) is 6.07 Å². The van der Waals surface area contributed by atoms with Crippen molar-refractivity contribution in [2.45, 2.75) is 6.92 Å². The van der Waals surface area contributed by atoms with Crippen molar-refractivity contribution in [2.24, 2.45) is 0 Å². The SMILES string of the molecule is Cc1ccc(Nc2cc(C(=O)Nc3ccccc3)ncn2)c(Br)c1. The van der Waals surface area contributed by atoms with E-state index in [4.69, 9.17) is 0 Å². The van der Waals surface area contributed by atoms with Crippen molar-refractivity contribution >= 4 is 39.0 Å². The molecule has 0 unspecified atom stereocenters. The highest BCUT2D eigenvalue weighted by Gasteiger charge is 2.10. The smallest absolute Gasteiger partial charge is 0.274 e. The molecule has 0 saturated carbocycles. The second kappa shape index (κ2) is 7.23. The first-order valence-electron chi connectivity index (χ1n) is 7.33. The number of hydrogen-bond acceptors (Lipinski definition) is 4. The van der Waals surface area contributed by atoms with Gasteiger partial charge in [0.2, 0.25) is 0 Å². The van der Waals surface area contributed by atoms with Crippen LogP contribution in [-0.4, -0.2) is 15.9 Å². The highest BCUT2D eigenvalue weighted by molar-refractivity contribution is 9.10. The van der Waals surface area contributed by atoms with Gasteiger partial charge in [0.1, 0.15) is 17.8 Å². The molecule has 0 saturated heterocycles. The van der Waals surface area contributed by atoms with E-state index in [-0.39, 0.29) is 5.91 Å². The lowest BCUT2D eigenvalue weighted by Crippen LogP contribution is -2.14. The summed E-state index contributed by atoms with van der Waals surface area (Å²) in [6, 6.07) is 16.8. The predicted molar refractivity (Wildman–Crippen MR) is 98.6 cm³/mol. The molecule has 5 nitrogen and oxygen atoms in total. The van der Waals surface area contributed by atoms with E-state index in [0.717, 1.165) is 21.4 Å². The Morgan fingerprint density at radius 2 is 1.83 bits per heavy atom. The molecular formula is C18H15BrN4O. The predicted octanol–water partition coefficient (Wildman–Crippen LogP) is 4.54. The number of benzene rings is 2. The van der Waals surface area contributed by atoms with Crippen molar-refractivity contribution in [1.29, 1.82) is 0 Å². The number of carbonyl (C=O) groups excluding carboxylic acids is 1. The highest BCUT2D eigenvalue weighted by atomic mass is 79.9. The number of amides is 1. The summed E-state index contributed by atoms with van der Waals surface area (Å²) in [5.41, 5.74) is 3.03. The molecule has 2 aromatic carbocycles. The number of anilines is 3. The van der Waals surface area contributed by atoms with Crippen LogP contribution in [0.15, 0.2) is 65.4 Å². The van der Waals surface area contributed by atoms with Crippen LogP contribution in [0.4, 0.5) is 17.2 Å². The average molecular weight is 383 g/mol. The van der Waals surface area contributed by atoms with Gasteiger partial charge in [0, 0.05) is 16.2 Å². The Labute approximate surface area is 148 Å². The van der Waals surface area contributed by atoms with Gasteiger partial charge in [-0.25, -0.2) is 9.97 Å². The molecule has 0 bridgehead atoms. The first-order valence-corrected chi connectivity index (χ1v) is 8.13. The maximum Gasteiger partial charge on any atom is 0.274 e. The molecule has 0 aliphatic carbocycles. The van der Waals surface area contributed by atoms with Crippen molar-refractivity contribution in [3.8, 4) is 0 Å². The fourth-order valence-electron chi connectivity index (χ4n) is 2.13. The Balaban J connectivity index is 1.77. The fraction of sp³-hybridized carbons (Fsp3) is 0.0556. The zero-order valence-corrected chi connectivity index (χ0v) is 14.5. The Morgan fingerprint density at radius 3 is 2.58 bits per heavy atom.